The van der Waals surface area contributed by atoms with Gasteiger partial charge in [-0.1, -0.05) is 12.1 Å². The highest BCUT2D eigenvalue weighted by Gasteiger charge is 2.31. The van der Waals surface area contributed by atoms with E-state index in [1.165, 1.54) is 17.3 Å². The summed E-state index contributed by atoms with van der Waals surface area (Å²) in [7, 11) is 1.55. The monoisotopic (exact) mass is 448 g/mol. The van der Waals surface area contributed by atoms with E-state index in [2.05, 4.69) is 15.4 Å². The average Bonchev–Trinajstić information content (AvgIpc) is 3.30. The summed E-state index contributed by atoms with van der Waals surface area (Å²) in [6.07, 6.45) is -1.69. The maximum absolute atomic E-state index is 13.1. The van der Waals surface area contributed by atoms with E-state index < -0.39 is 30.2 Å². The van der Waals surface area contributed by atoms with E-state index in [0.29, 0.717) is 12.2 Å². The van der Waals surface area contributed by atoms with Crippen LogP contribution in [0.4, 0.5) is 18.9 Å². The first-order valence-corrected chi connectivity index (χ1v) is 9.41. The van der Waals surface area contributed by atoms with Crippen molar-refractivity contribution in [3.05, 3.63) is 66.2 Å². The van der Waals surface area contributed by atoms with E-state index >= 15 is 0 Å². The summed E-state index contributed by atoms with van der Waals surface area (Å²) in [6, 6.07) is 9.93. The molecule has 32 heavy (non-hydrogen) atoms. The molecule has 1 N–H and O–H groups in total. The SMILES string of the molecule is COc1ccc(CCC(=O)OCC(=O)Nc2cc(C(F)(F)F)ccc2-n2cncn2)cc1. The van der Waals surface area contributed by atoms with Crippen LogP contribution in [0.15, 0.2) is 55.1 Å². The van der Waals surface area contributed by atoms with Gasteiger partial charge in [0.2, 0.25) is 0 Å². The smallest absolute Gasteiger partial charge is 0.416 e. The molecule has 3 rings (SSSR count). The number of aryl methyl sites for hydroxylation is 1. The second kappa shape index (κ2) is 9.94. The highest BCUT2D eigenvalue weighted by Crippen LogP contribution is 2.33. The molecule has 0 aliphatic heterocycles. The molecule has 11 heteroatoms. The molecule has 168 valence electrons. The fourth-order valence-electron chi connectivity index (χ4n) is 2.79. The molecule has 0 aliphatic rings. The predicted molar refractivity (Wildman–Crippen MR) is 107 cm³/mol. The zero-order valence-corrected chi connectivity index (χ0v) is 16.9. The molecule has 0 fully saturated rings. The number of ether oxygens (including phenoxy) is 2. The zero-order chi connectivity index (χ0) is 23.1. The van der Waals surface area contributed by atoms with Gasteiger partial charge in [0, 0.05) is 6.42 Å². The number of halogens is 3. The molecule has 1 aromatic heterocycles. The van der Waals surface area contributed by atoms with Crippen molar-refractivity contribution >= 4 is 17.6 Å². The molecule has 8 nitrogen and oxygen atoms in total. The third kappa shape index (κ3) is 6.06. The van der Waals surface area contributed by atoms with Gasteiger partial charge in [0.05, 0.1) is 24.0 Å². The van der Waals surface area contributed by atoms with Crippen LogP contribution in [0.25, 0.3) is 5.69 Å². The molecule has 0 aliphatic carbocycles. The molecule has 0 saturated heterocycles. The van der Waals surface area contributed by atoms with E-state index in [4.69, 9.17) is 9.47 Å². The van der Waals surface area contributed by atoms with Crippen molar-refractivity contribution in [1.29, 1.82) is 0 Å². The summed E-state index contributed by atoms with van der Waals surface area (Å²) in [5, 5.41) is 6.20. The second-order valence-electron chi connectivity index (χ2n) is 6.63. The van der Waals surface area contributed by atoms with Crippen molar-refractivity contribution in [3.63, 3.8) is 0 Å². The number of carbonyl (C=O) groups is 2. The first-order chi connectivity index (χ1) is 15.3. The van der Waals surface area contributed by atoms with Crippen LogP contribution in [-0.4, -0.2) is 40.4 Å². The number of methoxy groups -OCH3 is 1. The number of anilines is 1. The lowest BCUT2D eigenvalue weighted by Crippen LogP contribution is -2.22. The quantitative estimate of drug-likeness (QED) is 0.531. The highest BCUT2D eigenvalue weighted by molar-refractivity contribution is 5.94. The Balaban J connectivity index is 1.59. The topological polar surface area (TPSA) is 95.3 Å². The molecule has 0 unspecified atom stereocenters. The lowest BCUT2D eigenvalue weighted by atomic mass is 10.1. The standard InChI is InChI=1S/C21H19F3N4O4/c1-31-16-6-2-14(3-7-16)4-9-20(30)32-11-19(29)27-17-10-15(21(22,23)24)5-8-18(17)28-13-25-12-26-28/h2-3,5-8,10,12-13H,4,9,11H2,1H3,(H,27,29). The first kappa shape index (κ1) is 22.8. The summed E-state index contributed by atoms with van der Waals surface area (Å²) in [4.78, 5) is 27.9. The molecule has 0 atom stereocenters. The van der Waals surface area contributed by atoms with Crippen LogP contribution in [-0.2, 0) is 26.9 Å². The van der Waals surface area contributed by atoms with E-state index in [0.717, 1.165) is 23.8 Å². The Kier molecular flexibility index (Phi) is 7.08. The van der Waals surface area contributed by atoms with Crippen molar-refractivity contribution < 1.29 is 32.2 Å². The van der Waals surface area contributed by atoms with E-state index in [1.54, 1.807) is 31.4 Å². The normalized spacial score (nSPS) is 11.1. The van der Waals surface area contributed by atoms with Crippen molar-refractivity contribution in [1.82, 2.24) is 14.8 Å². The van der Waals surface area contributed by atoms with Crippen LogP contribution in [0.1, 0.15) is 17.5 Å². The number of nitrogens with zero attached hydrogens (tertiary/aromatic N) is 3. The molecule has 0 spiro atoms. The summed E-state index contributed by atoms with van der Waals surface area (Å²) < 4.78 is 50.4. The molecular formula is C21H19F3N4O4. The molecule has 0 radical (unpaired) electrons. The second-order valence-corrected chi connectivity index (χ2v) is 6.63. The van der Waals surface area contributed by atoms with E-state index in [9.17, 15) is 22.8 Å². The Morgan fingerprint density at radius 2 is 1.88 bits per heavy atom. The maximum atomic E-state index is 13.1. The van der Waals surface area contributed by atoms with Gasteiger partial charge >= 0.3 is 12.1 Å². The number of nitrogens with one attached hydrogen (secondary N) is 1. The van der Waals surface area contributed by atoms with Gasteiger partial charge < -0.3 is 14.8 Å². The molecule has 1 heterocycles. The minimum atomic E-state index is -4.60. The highest BCUT2D eigenvalue weighted by atomic mass is 19.4. The fourth-order valence-corrected chi connectivity index (χ4v) is 2.79. The molecule has 3 aromatic rings. The Hall–Kier alpha value is -3.89. The number of aromatic nitrogens is 3. The van der Waals surface area contributed by atoms with Gasteiger partial charge in [-0.25, -0.2) is 9.67 Å². The molecule has 0 bridgehead atoms. The third-order valence-electron chi connectivity index (χ3n) is 4.40. The number of esters is 1. The molecule has 1 amide bonds. The molecular weight excluding hydrogens is 429 g/mol. The Bertz CT molecular complexity index is 1070. The lowest BCUT2D eigenvalue weighted by molar-refractivity contribution is -0.147. The number of benzene rings is 2. The lowest BCUT2D eigenvalue weighted by Gasteiger charge is -2.14. The van der Waals surface area contributed by atoms with Crippen molar-refractivity contribution in [2.75, 3.05) is 19.0 Å². The van der Waals surface area contributed by atoms with Gasteiger partial charge in [-0.15, -0.1) is 0 Å². The minimum Gasteiger partial charge on any atom is -0.497 e. The largest absolute Gasteiger partial charge is 0.497 e. The average molecular weight is 448 g/mol. The van der Waals surface area contributed by atoms with Gasteiger partial charge in [-0.3, -0.25) is 9.59 Å². The van der Waals surface area contributed by atoms with Crippen LogP contribution in [0.3, 0.4) is 0 Å². The number of rotatable bonds is 8. The van der Waals surface area contributed by atoms with Gasteiger partial charge in [0.1, 0.15) is 18.4 Å². The number of hydrogen-bond donors (Lipinski definition) is 1. The Labute approximate surface area is 181 Å². The van der Waals surface area contributed by atoms with Gasteiger partial charge in [-0.05, 0) is 42.3 Å². The number of amides is 1. The molecule has 2 aromatic carbocycles. The summed E-state index contributed by atoms with van der Waals surface area (Å²) in [5.41, 5.74) is -0.0407. The van der Waals surface area contributed by atoms with E-state index in [-0.39, 0.29) is 17.8 Å². The number of alkyl halides is 3. The van der Waals surface area contributed by atoms with Crippen LogP contribution in [0.5, 0.6) is 5.75 Å². The van der Waals surface area contributed by atoms with Crippen LogP contribution >= 0.6 is 0 Å². The minimum absolute atomic E-state index is 0.0351. The summed E-state index contributed by atoms with van der Waals surface area (Å²) in [6.45, 7) is -0.644. The first-order valence-electron chi connectivity index (χ1n) is 9.41. The van der Waals surface area contributed by atoms with Crippen LogP contribution < -0.4 is 10.1 Å². The van der Waals surface area contributed by atoms with Crippen LogP contribution in [0.2, 0.25) is 0 Å². The Morgan fingerprint density at radius 3 is 2.50 bits per heavy atom. The van der Waals surface area contributed by atoms with E-state index in [1.807, 2.05) is 0 Å². The zero-order valence-electron chi connectivity index (χ0n) is 16.9. The van der Waals surface area contributed by atoms with Gasteiger partial charge in [0.15, 0.2) is 6.61 Å². The molecule has 0 saturated carbocycles. The Morgan fingerprint density at radius 1 is 1.12 bits per heavy atom. The number of hydrogen-bond acceptors (Lipinski definition) is 6. The fraction of sp³-hybridized carbons (Fsp3) is 0.238. The van der Waals surface area contributed by atoms with Gasteiger partial charge in [0.25, 0.3) is 5.91 Å². The van der Waals surface area contributed by atoms with Crippen molar-refractivity contribution in [2.24, 2.45) is 0 Å². The van der Waals surface area contributed by atoms with Crippen molar-refractivity contribution in [3.8, 4) is 11.4 Å². The summed E-state index contributed by atoms with van der Waals surface area (Å²) in [5.74, 6) is -0.715. The predicted octanol–water partition coefficient (Wildman–Crippen LogP) is 3.41. The summed E-state index contributed by atoms with van der Waals surface area (Å²) >= 11 is 0. The van der Waals surface area contributed by atoms with Crippen LogP contribution in [0, 0.1) is 0 Å². The maximum Gasteiger partial charge on any atom is 0.416 e. The van der Waals surface area contributed by atoms with Crippen molar-refractivity contribution in [2.45, 2.75) is 19.0 Å². The number of carbonyl (C=O) groups excluding carboxylic acids is 2. The third-order valence-corrected chi connectivity index (χ3v) is 4.40. The van der Waals surface area contributed by atoms with Gasteiger partial charge in [-0.2, -0.15) is 18.3 Å².